The fourth-order valence-corrected chi connectivity index (χ4v) is 1.97. The Bertz CT molecular complexity index is 149. The summed E-state index contributed by atoms with van der Waals surface area (Å²) in [4.78, 5) is 1.62. The Balaban J connectivity index is 0.000000336. The third-order valence-electron chi connectivity index (χ3n) is 2.42. The summed E-state index contributed by atoms with van der Waals surface area (Å²) in [5.74, 6) is 1.04. The molecule has 0 aliphatic heterocycles. The van der Waals surface area contributed by atoms with Crippen LogP contribution in [0.25, 0.3) is 0 Å². The van der Waals surface area contributed by atoms with E-state index in [0.29, 0.717) is 0 Å². The highest BCUT2D eigenvalue weighted by Gasteiger charge is 2.20. The summed E-state index contributed by atoms with van der Waals surface area (Å²) in [6.07, 6.45) is 7.44. The van der Waals surface area contributed by atoms with Crippen molar-refractivity contribution in [3.8, 4) is 0 Å². The first-order valence-corrected chi connectivity index (χ1v) is 5.45. The van der Waals surface area contributed by atoms with Crippen molar-refractivity contribution in [2.75, 3.05) is 20.6 Å². The van der Waals surface area contributed by atoms with Gasteiger partial charge in [0.25, 0.3) is 0 Å². The second kappa shape index (κ2) is 7.09. The molecule has 15 heavy (non-hydrogen) atoms. The Hall–Kier alpha value is -0.255. The van der Waals surface area contributed by atoms with E-state index in [9.17, 15) is 17.3 Å². The minimum Gasteiger partial charge on any atom is -0.418 e. The lowest BCUT2D eigenvalue weighted by molar-refractivity contribution is -0.862. The van der Waals surface area contributed by atoms with Crippen molar-refractivity contribution in [3.63, 3.8) is 0 Å². The number of nitrogens with one attached hydrogen (secondary N) is 1. The monoisotopic (exact) mass is 229 g/mol. The average Bonchev–Trinajstić information content (AvgIpc) is 2.01. The van der Waals surface area contributed by atoms with Crippen molar-refractivity contribution < 1.29 is 22.2 Å². The molecule has 0 aromatic rings. The van der Waals surface area contributed by atoms with Gasteiger partial charge in [-0.25, -0.2) is 0 Å². The largest absolute Gasteiger partial charge is 0.673 e. The Morgan fingerprint density at radius 1 is 1.00 bits per heavy atom. The Morgan fingerprint density at radius 2 is 1.40 bits per heavy atom. The van der Waals surface area contributed by atoms with Gasteiger partial charge in [0.15, 0.2) is 0 Å². The van der Waals surface area contributed by atoms with Gasteiger partial charge in [0.2, 0.25) is 0 Å². The maximum Gasteiger partial charge on any atom is 0.673 e. The van der Waals surface area contributed by atoms with Crippen molar-refractivity contribution in [3.05, 3.63) is 0 Å². The van der Waals surface area contributed by atoms with E-state index < -0.39 is 7.25 Å². The quantitative estimate of drug-likeness (QED) is 0.545. The van der Waals surface area contributed by atoms with Gasteiger partial charge < -0.3 is 22.2 Å². The lowest BCUT2D eigenvalue weighted by Gasteiger charge is -2.22. The second-order valence-electron chi connectivity index (χ2n) is 4.41. The van der Waals surface area contributed by atoms with Crippen molar-refractivity contribution in [2.24, 2.45) is 5.92 Å². The van der Waals surface area contributed by atoms with Crippen LogP contribution in [0.15, 0.2) is 0 Å². The molecule has 6 heteroatoms. The first kappa shape index (κ1) is 14.7. The number of hydrogen-bond donors (Lipinski definition) is 1. The summed E-state index contributed by atoms with van der Waals surface area (Å²) in [6, 6.07) is 0. The molecule has 1 aliphatic carbocycles. The molecule has 92 valence electrons. The van der Waals surface area contributed by atoms with Gasteiger partial charge in [-0.15, -0.1) is 0 Å². The molecule has 0 radical (unpaired) electrons. The van der Waals surface area contributed by atoms with E-state index in [1.165, 1.54) is 38.6 Å². The van der Waals surface area contributed by atoms with Gasteiger partial charge in [-0.2, -0.15) is 0 Å². The third-order valence-corrected chi connectivity index (χ3v) is 2.42. The summed E-state index contributed by atoms with van der Waals surface area (Å²) >= 11 is 0. The fraction of sp³-hybridized carbons (Fsp3) is 1.00. The van der Waals surface area contributed by atoms with Crippen LogP contribution in [-0.4, -0.2) is 27.9 Å². The van der Waals surface area contributed by atoms with Crippen LogP contribution >= 0.6 is 0 Å². The molecule has 0 spiro atoms. The molecular formula is C9H20BF4N. The highest BCUT2D eigenvalue weighted by molar-refractivity contribution is 6.50. The van der Waals surface area contributed by atoms with Crippen LogP contribution in [0.5, 0.6) is 0 Å². The molecule has 0 bridgehead atoms. The van der Waals surface area contributed by atoms with Crippen LogP contribution in [0, 0.1) is 5.92 Å². The molecule has 1 aliphatic rings. The van der Waals surface area contributed by atoms with Crippen LogP contribution in [0.1, 0.15) is 32.1 Å². The normalized spacial score (nSPS) is 18.6. The molecule has 1 fully saturated rings. The summed E-state index contributed by atoms with van der Waals surface area (Å²) in [5, 5.41) is 0. The summed E-state index contributed by atoms with van der Waals surface area (Å²) in [6.45, 7) is 1.39. The first-order valence-electron chi connectivity index (χ1n) is 5.45. The van der Waals surface area contributed by atoms with Gasteiger partial charge in [0.05, 0.1) is 20.6 Å². The first-order chi connectivity index (χ1) is 6.79. The number of hydrogen-bond acceptors (Lipinski definition) is 0. The Morgan fingerprint density at radius 3 is 1.73 bits per heavy atom. The third kappa shape index (κ3) is 13.7. The number of rotatable bonds is 2. The van der Waals surface area contributed by atoms with E-state index in [2.05, 4.69) is 14.1 Å². The van der Waals surface area contributed by atoms with Crippen molar-refractivity contribution >= 4 is 7.25 Å². The zero-order valence-corrected chi connectivity index (χ0v) is 9.41. The molecule has 1 saturated carbocycles. The molecule has 0 heterocycles. The van der Waals surface area contributed by atoms with Gasteiger partial charge in [-0.3, -0.25) is 0 Å². The zero-order valence-electron chi connectivity index (χ0n) is 9.41. The van der Waals surface area contributed by atoms with E-state index in [0.717, 1.165) is 5.92 Å². The molecule has 0 aromatic heterocycles. The zero-order chi connectivity index (χ0) is 11.9. The molecule has 0 unspecified atom stereocenters. The summed E-state index contributed by atoms with van der Waals surface area (Å²) < 4.78 is 39.0. The van der Waals surface area contributed by atoms with Crippen LogP contribution in [0.3, 0.4) is 0 Å². The predicted octanol–water partition coefficient (Wildman–Crippen LogP) is 2.01. The van der Waals surface area contributed by atoms with E-state index in [1.807, 2.05) is 0 Å². The summed E-state index contributed by atoms with van der Waals surface area (Å²) in [7, 11) is -1.48. The van der Waals surface area contributed by atoms with Crippen LogP contribution in [0.2, 0.25) is 0 Å². The highest BCUT2D eigenvalue weighted by Crippen LogP contribution is 2.21. The van der Waals surface area contributed by atoms with Crippen molar-refractivity contribution in [1.29, 1.82) is 0 Å². The van der Waals surface area contributed by atoms with Gasteiger partial charge in [0.1, 0.15) is 0 Å². The SMILES string of the molecule is C[NH+](C)CC1CCCCC1.F[B-](F)(F)F. The van der Waals surface area contributed by atoms with Crippen molar-refractivity contribution in [1.82, 2.24) is 0 Å². The molecule has 0 saturated heterocycles. The molecular weight excluding hydrogens is 209 g/mol. The molecule has 0 atom stereocenters. The molecule has 1 rings (SSSR count). The van der Waals surface area contributed by atoms with Gasteiger partial charge in [0, 0.05) is 5.92 Å². The second-order valence-corrected chi connectivity index (χ2v) is 4.41. The highest BCUT2D eigenvalue weighted by atomic mass is 19.5. The number of halogens is 4. The Kier molecular flexibility index (Phi) is 6.97. The molecule has 0 aromatic carbocycles. The molecule has 0 amide bonds. The number of quaternary nitrogens is 1. The van der Waals surface area contributed by atoms with Crippen LogP contribution < -0.4 is 4.90 Å². The van der Waals surface area contributed by atoms with Crippen molar-refractivity contribution in [2.45, 2.75) is 32.1 Å². The topological polar surface area (TPSA) is 4.44 Å². The molecule has 1 nitrogen and oxygen atoms in total. The van der Waals surface area contributed by atoms with Crippen LogP contribution in [0.4, 0.5) is 17.3 Å². The minimum absolute atomic E-state index is 1.04. The lowest BCUT2D eigenvalue weighted by Crippen LogP contribution is -3.06. The van der Waals surface area contributed by atoms with E-state index in [4.69, 9.17) is 0 Å². The standard InChI is InChI=1S/C9H19N.BF4/c1-10(2)8-9-6-4-3-5-7-9;2-1(3,4)5/h9H,3-8H2,1-2H3;/q;-1/p+1. The van der Waals surface area contributed by atoms with Gasteiger partial charge in [-0.05, 0) is 12.8 Å². The van der Waals surface area contributed by atoms with Gasteiger partial charge in [-0.1, -0.05) is 19.3 Å². The van der Waals surface area contributed by atoms with E-state index in [1.54, 1.807) is 4.90 Å². The average molecular weight is 229 g/mol. The maximum absolute atomic E-state index is 9.75. The maximum atomic E-state index is 9.75. The predicted molar refractivity (Wildman–Crippen MR) is 54.4 cm³/mol. The van der Waals surface area contributed by atoms with E-state index >= 15 is 0 Å². The fourth-order valence-electron chi connectivity index (χ4n) is 1.97. The van der Waals surface area contributed by atoms with Gasteiger partial charge >= 0.3 is 7.25 Å². The lowest BCUT2D eigenvalue weighted by atomic mass is 9.89. The van der Waals surface area contributed by atoms with E-state index in [-0.39, 0.29) is 0 Å². The smallest absolute Gasteiger partial charge is 0.418 e. The summed E-state index contributed by atoms with van der Waals surface area (Å²) in [5.41, 5.74) is 0. The van der Waals surface area contributed by atoms with Crippen LogP contribution in [-0.2, 0) is 0 Å². The Labute approximate surface area is 88.9 Å². The minimum atomic E-state index is -6.00. The molecule has 1 N–H and O–H groups in total.